The Hall–Kier alpha value is -4.51. The number of anilines is 1. The number of nitrogens with one attached hydrogen (secondary N) is 1. The van der Waals surface area contributed by atoms with Gasteiger partial charge in [0.2, 0.25) is 0 Å². The van der Waals surface area contributed by atoms with Gasteiger partial charge in [-0.15, -0.1) is 0 Å². The van der Waals surface area contributed by atoms with Gasteiger partial charge in [-0.05, 0) is 55.0 Å². The van der Waals surface area contributed by atoms with Gasteiger partial charge in [0, 0.05) is 23.6 Å². The highest BCUT2D eigenvalue weighted by Crippen LogP contribution is 2.47. The van der Waals surface area contributed by atoms with Gasteiger partial charge in [-0.1, -0.05) is 36.4 Å². The number of alkyl halides is 3. The summed E-state index contributed by atoms with van der Waals surface area (Å²) in [4.78, 5) is 29.0. The van der Waals surface area contributed by atoms with E-state index in [1.165, 1.54) is 35.2 Å². The topological polar surface area (TPSA) is 79.8 Å². The van der Waals surface area contributed by atoms with Crippen molar-refractivity contribution in [3.05, 3.63) is 113 Å². The number of carbonyl (C=O) groups is 2. The highest BCUT2D eigenvalue weighted by atomic mass is 19.4. The maximum absolute atomic E-state index is 14.1. The smallest absolute Gasteiger partial charge is 0.366 e. The van der Waals surface area contributed by atoms with Gasteiger partial charge in [0.15, 0.2) is 0 Å². The number of aromatic nitrogens is 2. The molecule has 0 aliphatic carbocycles. The molecule has 1 unspecified atom stereocenters. The average molecular weight is 565 g/mol. The molecule has 3 atom stereocenters. The number of amides is 2. The first kappa shape index (κ1) is 26.7. The first-order chi connectivity index (χ1) is 19.7. The molecule has 2 amide bonds. The van der Waals surface area contributed by atoms with Crippen molar-refractivity contribution in [1.82, 2.24) is 15.1 Å². The SMILES string of the molecule is CCN1C(=O)[C@@H](NC(=O)c2cccc(C(F)(F)F)c2)[C@@H](c2ccc(F)cc2)c2c(C3CO3)nn(-c3ccccc3)c21. The van der Waals surface area contributed by atoms with Gasteiger partial charge in [-0.25, -0.2) is 9.07 Å². The maximum Gasteiger partial charge on any atom is 0.416 e. The molecule has 0 saturated carbocycles. The van der Waals surface area contributed by atoms with E-state index < -0.39 is 41.3 Å². The highest BCUT2D eigenvalue weighted by Gasteiger charge is 2.48. The summed E-state index contributed by atoms with van der Waals surface area (Å²) in [5.74, 6) is -2.14. The van der Waals surface area contributed by atoms with Gasteiger partial charge < -0.3 is 10.1 Å². The van der Waals surface area contributed by atoms with Crippen LogP contribution in [-0.4, -0.2) is 40.8 Å². The van der Waals surface area contributed by atoms with E-state index in [0.717, 1.165) is 18.2 Å². The van der Waals surface area contributed by atoms with Gasteiger partial charge in [0.25, 0.3) is 11.8 Å². The molecule has 6 rings (SSSR count). The number of hydrogen-bond acceptors (Lipinski definition) is 4. The molecule has 0 bridgehead atoms. The van der Waals surface area contributed by atoms with Crippen LogP contribution in [0.15, 0.2) is 78.9 Å². The summed E-state index contributed by atoms with van der Waals surface area (Å²) in [5.41, 5.74) is 1.20. The van der Waals surface area contributed by atoms with E-state index in [4.69, 9.17) is 9.84 Å². The molecule has 1 saturated heterocycles. The molecule has 210 valence electrons. The van der Waals surface area contributed by atoms with Crippen molar-refractivity contribution in [2.24, 2.45) is 0 Å². The maximum atomic E-state index is 14.1. The van der Waals surface area contributed by atoms with Crippen LogP contribution in [0.1, 0.15) is 51.7 Å². The van der Waals surface area contributed by atoms with E-state index >= 15 is 0 Å². The van der Waals surface area contributed by atoms with Crippen LogP contribution in [0.4, 0.5) is 23.4 Å². The predicted molar refractivity (Wildman–Crippen MR) is 141 cm³/mol. The molecule has 3 heterocycles. The number of carbonyl (C=O) groups excluding carboxylic acids is 2. The number of likely N-dealkylation sites (N-methyl/N-ethyl adjacent to an activating group) is 1. The van der Waals surface area contributed by atoms with E-state index in [2.05, 4.69) is 5.32 Å². The molecule has 0 spiro atoms. The third kappa shape index (κ3) is 4.86. The lowest BCUT2D eigenvalue weighted by Crippen LogP contribution is -2.55. The molecular weight excluding hydrogens is 540 g/mol. The minimum atomic E-state index is -4.65. The van der Waals surface area contributed by atoms with Crippen LogP contribution in [0, 0.1) is 5.82 Å². The summed E-state index contributed by atoms with van der Waals surface area (Å²) in [6.07, 6.45) is -4.99. The van der Waals surface area contributed by atoms with Crippen molar-refractivity contribution in [3.63, 3.8) is 0 Å². The molecule has 2 aliphatic heterocycles. The zero-order valence-corrected chi connectivity index (χ0v) is 21.7. The van der Waals surface area contributed by atoms with Crippen molar-refractivity contribution in [2.75, 3.05) is 18.1 Å². The number of fused-ring (bicyclic) bond motifs is 1. The van der Waals surface area contributed by atoms with E-state index in [9.17, 15) is 27.2 Å². The van der Waals surface area contributed by atoms with Crippen LogP contribution in [-0.2, 0) is 15.7 Å². The normalized spacial score (nSPS) is 20.1. The Balaban J connectivity index is 1.52. The van der Waals surface area contributed by atoms with E-state index in [-0.39, 0.29) is 18.2 Å². The Labute approximate surface area is 232 Å². The number of ether oxygens (including phenoxy) is 1. The summed E-state index contributed by atoms with van der Waals surface area (Å²) in [7, 11) is 0. The standard InChI is InChI=1S/C30H24F4N4O3/c1-2-37-28-24(25(22-16-41-22)36-38(28)21-9-4-3-5-10-21)23(17-11-13-20(31)14-12-17)26(29(37)40)35-27(39)18-7-6-8-19(15-18)30(32,33)34/h3-15,22-23,26H,2,16H2,1H3,(H,35,39)/t22?,23-,26-/m0/s1. The molecular formula is C30H24F4N4O3. The Bertz CT molecular complexity index is 1620. The fourth-order valence-corrected chi connectivity index (χ4v) is 5.31. The van der Waals surface area contributed by atoms with Crippen LogP contribution in [0.5, 0.6) is 0 Å². The minimum absolute atomic E-state index is 0.224. The van der Waals surface area contributed by atoms with Gasteiger partial charge in [0.1, 0.15) is 29.5 Å². The number of epoxide rings is 1. The van der Waals surface area contributed by atoms with E-state index in [1.54, 1.807) is 11.6 Å². The second-order valence-electron chi connectivity index (χ2n) is 9.83. The van der Waals surface area contributed by atoms with Crippen molar-refractivity contribution >= 4 is 17.6 Å². The first-order valence-electron chi connectivity index (χ1n) is 13.0. The third-order valence-electron chi connectivity index (χ3n) is 7.28. The quantitative estimate of drug-likeness (QED) is 0.251. The summed E-state index contributed by atoms with van der Waals surface area (Å²) in [5, 5.41) is 7.54. The fraction of sp³-hybridized carbons (Fsp3) is 0.233. The number of hydrogen-bond donors (Lipinski definition) is 1. The molecule has 4 aromatic rings. The monoisotopic (exact) mass is 564 g/mol. The van der Waals surface area contributed by atoms with Crippen LogP contribution in [0.25, 0.3) is 5.69 Å². The molecule has 3 aromatic carbocycles. The van der Waals surface area contributed by atoms with Gasteiger partial charge in [-0.3, -0.25) is 14.5 Å². The molecule has 1 N–H and O–H groups in total. The lowest BCUT2D eigenvalue weighted by atomic mass is 9.80. The van der Waals surface area contributed by atoms with Crippen molar-refractivity contribution in [3.8, 4) is 5.69 Å². The van der Waals surface area contributed by atoms with Crippen LogP contribution in [0.3, 0.4) is 0 Å². The lowest BCUT2D eigenvalue weighted by Gasteiger charge is -2.38. The molecule has 1 aromatic heterocycles. The number of rotatable bonds is 6. The second-order valence-corrected chi connectivity index (χ2v) is 9.83. The number of para-hydroxylation sites is 1. The third-order valence-corrected chi connectivity index (χ3v) is 7.28. The van der Waals surface area contributed by atoms with E-state index in [0.29, 0.717) is 34.9 Å². The summed E-state index contributed by atoms with van der Waals surface area (Å²) in [6, 6.07) is 17.6. The molecule has 41 heavy (non-hydrogen) atoms. The number of benzene rings is 3. The predicted octanol–water partition coefficient (Wildman–Crippen LogP) is 5.40. The summed E-state index contributed by atoms with van der Waals surface area (Å²) >= 11 is 0. The van der Waals surface area contributed by atoms with Gasteiger partial charge >= 0.3 is 6.18 Å². The van der Waals surface area contributed by atoms with Crippen LogP contribution < -0.4 is 10.2 Å². The van der Waals surface area contributed by atoms with E-state index in [1.807, 2.05) is 30.3 Å². The zero-order chi connectivity index (χ0) is 28.9. The molecule has 1 fully saturated rings. The Morgan fingerprint density at radius 3 is 2.39 bits per heavy atom. The molecule has 11 heteroatoms. The summed E-state index contributed by atoms with van der Waals surface area (Å²) in [6.45, 7) is 2.42. The van der Waals surface area contributed by atoms with Crippen molar-refractivity contribution in [1.29, 1.82) is 0 Å². The zero-order valence-electron chi connectivity index (χ0n) is 21.7. The molecule has 2 aliphatic rings. The van der Waals surface area contributed by atoms with Gasteiger partial charge in [-0.2, -0.15) is 18.3 Å². The first-order valence-corrected chi connectivity index (χ1v) is 13.0. The second kappa shape index (κ2) is 10.2. The molecule has 0 radical (unpaired) electrons. The summed E-state index contributed by atoms with van der Waals surface area (Å²) < 4.78 is 61.3. The van der Waals surface area contributed by atoms with Crippen molar-refractivity contribution in [2.45, 2.75) is 31.2 Å². The van der Waals surface area contributed by atoms with Crippen LogP contribution in [0.2, 0.25) is 0 Å². The number of nitrogens with zero attached hydrogens (tertiary/aromatic N) is 3. The lowest BCUT2D eigenvalue weighted by molar-refractivity contribution is -0.137. The fourth-order valence-electron chi connectivity index (χ4n) is 5.31. The average Bonchev–Trinajstić information content (AvgIpc) is 3.74. The minimum Gasteiger partial charge on any atom is -0.366 e. The Morgan fingerprint density at radius 2 is 1.76 bits per heavy atom. The Morgan fingerprint density at radius 1 is 1.05 bits per heavy atom. The van der Waals surface area contributed by atoms with Crippen molar-refractivity contribution < 1.29 is 31.9 Å². The van der Waals surface area contributed by atoms with Crippen LogP contribution >= 0.6 is 0 Å². The highest BCUT2D eigenvalue weighted by molar-refractivity contribution is 6.05. The molecule has 7 nitrogen and oxygen atoms in total. The largest absolute Gasteiger partial charge is 0.416 e. The Kier molecular flexibility index (Phi) is 6.61. The van der Waals surface area contributed by atoms with Gasteiger partial charge in [0.05, 0.1) is 17.9 Å². The number of halogens is 4.